The van der Waals surface area contributed by atoms with Gasteiger partial charge in [-0.2, -0.15) is 0 Å². The Labute approximate surface area is 114 Å². The zero-order valence-corrected chi connectivity index (χ0v) is 11.0. The average molecular weight is 283 g/mol. The van der Waals surface area contributed by atoms with Gasteiger partial charge in [-0.25, -0.2) is 4.79 Å². The van der Waals surface area contributed by atoms with Gasteiger partial charge in [-0.3, -0.25) is 19.1 Å². The van der Waals surface area contributed by atoms with Crippen LogP contribution in [0.3, 0.4) is 0 Å². The van der Waals surface area contributed by atoms with Crippen LogP contribution in [-0.4, -0.2) is 32.8 Å². The Bertz CT molecular complexity index is 620. The molecule has 1 saturated heterocycles. The molecule has 1 aromatic rings. The minimum atomic E-state index is -0.915. The van der Waals surface area contributed by atoms with Gasteiger partial charge in [-0.1, -0.05) is 0 Å². The first kappa shape index (κ1) is 14.5. The lowest BCUT2D eigenvalue weighted by Crippen LogP contribution is -2.33. The Morgan fingerprint density at radius 3 is 2.95 bits per heavy atom. The topological polar surface area (TPSA) is 127 Å². The fraction of sp³-hybridized carbons (Fsp3) is 0.583. The summed E-state index contributed by atoms with van der Waals surface area (Å²) in [6.07, 6.45) is 1.10. The summed E-state index contributed by atoms with van der Waals surface area (Å²) in [7, 11) is 0. The predicted molar refractivity (Wildman–Crippen MR) is 69.4 cm³/mol. The number of carboxylic acids is 1. The quantitative estimate of drug-likeness (QED) is 0.672. The Balaban J connectivity index is 2.16. The maximum absolute atomic E-state index is 11.8. The molecular weight excluding hydrogens is 266 g/mol. The molecule has 0 amide bonds. The van der Waals surface area contributed by atoms with Crippen LogP contribution < -0.4 is 17.0 Å². The number of rotatable bonds is 4. The molecule has 0 bridgehead atoms. The van der Waals surface area contributed by atoms with Gasteiger partial charge in [0, 0.05) is 30.6 Å². The number of nitrogens with two attached hydrogens (primary N) is 1. The van der Waals surface area contributed by atoms with Gasteiger partial charge in [-0.15, -0.1) is 0 Å². The summed E-state index contributed by atoms with van der Waals surface area (Å²) in [5.74, 6) is -0.915. The third-order valence-corrected chi connectivity index (χ3v) is 3.38. The Morgan fingerprint density at radius 2 is 2.30 bits per heavy atom. The second kappa shape index (κ2) is 5.59. The van der Waals surface area contributed by atoms with Crippen molar-refractivity contribution in [3.63, 3.8) is 0 Å². The molecule has 1 aliphatic heterocycles. The Morgan fingerprint density at radius 1 is 1.60 bits per heavy atom. The fourth-order valence-corrected chi connectivity index (χ4v) is 2.27. The molecule has 110 valence electrons. The van der Waals surface area contributed by atoms with Crippen molar-refractivity contribution in [3.05, 3.63) is 32.6 Å². The summed E-state index contributed by atoms with van der Waals surface area (Å²) < 4.78 is 6.93. The van der Waals surface area contributed by atoms with E-state index in [-0.39, 0.29) is 12.5 Å². The van der Waals surface area contributed by atoms with Crippen LogP contribution in [0.5, 0.6) is 0 Å². The number of aromatic nitrogens is 2. The highest BCUT2D eigenvalue weighted by molar-refractivity contribution is 5.66. The first-order valence-corrected chi connectivity index (χ1v) is 6.33. The van der Waals surface area contributed by atoms with Gasteiger partial charge >= 0.3 is 11.7 Å². The molecule has 20 heavy (non-hydrogen) atoms. The molecule has 3 atom stereocenters. The van der Waals surface area contributed by atoms with E-state index in [1.54, 1.807) is 6.92 Å². The van der Waals surface area contributed by atoms with E-state index < -0.39 is 29.6 Å². The van der Waals surface area contributed by atoms with E-state index in [1.807, 2.05) is 0 Å². The second-order valence-corrected chi connectivity index (χ2v) is 4.94. The van der Waals surface area contributed by atoms with E-state index in [0.717, 1.165) is 0 Å². The number of carbonyl (C=O) groups is 1. The highest BCUT2D eigenvalue weighted by Gasteiger charge is 2.34. The lowest BCUT2D eigenvalue weighted by atomic mass is 10.1. The number of aryl methyl sites for hydroxylation is 1. The molecule has 1 aromatic heterocycles. The SMILES string of the molecule is Cc1cn([C@@H]2C[C@@H](N)[C@H](CCC(=O)O)O2)c(=O)[nH]c1=O. The lowest BCUT2D eigenvalue weighted by Gasteiger charge is -2.15. The zero-order valence-electron chi connectivity index (χ0n) is 11.0. The van der Waals surface area contributed by atoms with Crippen LogP contribution in [0.4, 0.5) is 0 Å². The number of nitrogens with zero attached hydrogens (tertiary/aromatic N) is 1. The number of hydrogen-bond donors (Lipinski definition) is 3. The molecule has 0 spiro atoms. The third-order valence-electron chi connectivity index (χ3n) is 3.38. The molecule has 2 heterocycles. The van der Waals surface area contributed by atoms with Crippen molar-refractivity contribution in [2.75, 3.05) is 0 Å². The van der Waals surface area contributed by atoms with E-state index in [9.17, 15) is 14.4 Å². The second-order valence-electron chi connectivity index (χ2n) is 4.94. The van der Waals surface area contributed by atoms with Crippen LogP contribution in [0, 0.1) is 6.92 Å². The summed E-state index contributed by atoms with van der Waals surface area (Å²) in [6.45, 7) is 1.59. The van der Waals surface area contributed by atoms with Crippen molar-refractivity contribution in [1.29, 1.82) is 0 Å². The molecule has 4 N–H and O–H groups in total. The smallest absolute Gasteiger partial charge is 0.330 e. The molecule has 0 unspecified atom stereocenters. The minimum absolute atomic E-state index is 0.0371. The number of nitrogens with one attached hydrogen (secondary N) is 1. The number of H-pyrrole nitrogens is 1. The van der Waals surface area contributed by atoms with Crippen molar-refractivity contribution in [1.82, 2.24) is 9.55 Å². The number of aliphatic carboxylic acids is 1. The standard InChI is InChI=1S/C12H17N3O5/c1-6-5-15(12(19)14-11(6)18)9-4-7(13)8(20-9)2-3-10(16)17/h5,7-9H,2-4,13H2,1H3,(H,16,17)(H,14,18,19)/t7-,8+,9+/m1/s1. The molecule has 1 aliphatic rings. The average Bonchev–Trinajstić information content (AvgIpc) is 2.72. The number of hydrogen-bond acceptors (Lipinski definition) is 5. The molecule has 0 aromatic carbocycles. The molecule has 8 nitrogen and oxygen atoms in total. The number of ether oxygens (including phenoxy) is 1. The van der Waals surface area contributed by atoms with Gasteiger partial charge in [-0.05, 0) is 13.3 Å². The predicted octanol–water partition coefficient (Wildman–Crippen LogP) is -0.675. The van der Waals surface area contributed by atoms with E-state index in [1.165, 1.54) is 10.8 Å². The van der Waals surface area contributed by atoms with Gasteiger partial charge in [0.2, 0.25) is 0 Å². The lowest BCUT2D eigenvalue weighted by molar-refractivity contribution is -0.138. The van der Waals surface area contributed by atoms with E-state index in [0.29, 0.717) is 18.4 Å². The first-order chi connectivity index (χ1) is 9.38. The number of aromatic amines is 1. The molecule has 0 aliphatic carbocycles. The molecule has 2 rings (SSSR count). The Kier molecular flexibility index (Phi) is 4.05. The maximum Gasteiger partial charge on any atom is 0.330 e. The van der Waals surface area contributed by atoms with E-state index in [2.05, 4.69) is 4.98 Å². The Hall–Kier alpha value is -1.93. The van der Waals surface area contributed by atoms with Crippen molar-refractivity contribution < 1.29 is 14.6 Å². The van der Waals surface area contributed by atoms with Crippen LogP contribution in [-0.2, 0) is 9.53 Å². The summed E-state index contributed by atoms with van der Waals surface area (Å²) in [4.78, 5) is 35.8. The van der Waals surface area contributed by atoms with Gasteiger partial charge < -0.3 is 15.6 Å². The van der Waals surface area contributed by atoms with Crippen LogP contribution in [0.15, 0.2) is 15.8 Å². The number of carboxylic acid groups (broad SMARTS) is 1. The summed E-state index contributed by atoms with van der Waals surface area (Å²) in [5, 5.41) is 8.66. The monoisotopic (exact) mass is 283 g/mol. The maximum atomic E-state index is 11.8. The largest absolute Gasteiger partial charge is 0.481 e. The molecule has 0 radical (unpaired) electrons. The normalized spacial score (nSPS) is 25.8. The van der Waals surface area contributed by atoms with Crippen molar-refractivity contribution in [3.8, 4) is 0 Å². The van der Waals surface area contributed by atoms with Gasteiger partial charge in [0.25, 0.3) is 5.56 Å². The van der Waals surface area contributed by atoms with Crippen LogP contribution in [0.2, 0.25) is 0 Å². The van der Waals surface area contributed by atoms with Crippen molar-refractivity contribution in [2.45, 2.75) is 44.6 Å². The summed E-state index contributed by atoms with van der Waals surface area (Å²) in [5.41, 5.74) is 5.31. The van der Waals surface area contributed by atoms with Crippen LogP contribution in [0.25, 0.3) is 0 Å². The molecule has 1 fully saturated rings. The van der Waals surface area contributed by atoms with Crippen molar-refractivity contribution in [2.24, 2.45) is 5.73 Å². The fourth-order valence-electron chi connectivity index (χ4n) is 2.27. The van der Waals surface area contributed by atoms with Crippen LogP contribution in [0.1, 0.15) is 31.1 Å². The zero-order chi connectivity index (χ0) is 14.9. The van der Waals surface area contributed by atoms with E-state index in [4.69, 9.17) is 15.6 Å². The summed E-state index contributed by atoms with van der Waals surface area (Å²) in [6, 6.07) is -0.335. The van der Waals surface area contributed by atoms with Gasteiger partial charge in [0.05, 0.1) is 6.10 Å². The van der Waals surface area contributed by atoms with Gasteiger partial charge in [0.15, 0.2) is 0 Å². The van der Waals surface area contributed by atoms with Crippen molar-refractivity contribution >= 4 is 5.97 Å². The third kappa shape index (κ3) is 2.97. The van der Waals surface area contributed by atoms with E-state index >= 15 is 0 Å². The molecular formula is C12H17N3O5. The first-order valence-electron chi connectivity index (χ1n) is 6.33. The highest BCUT2D eigenvalue weighted by atomic mass is 16.5. The minimum Gasteiger partial charge on any atom is -0.481 e. The van der Waals surface area contributed by atoms with Crippen LogP contribution >= 0.6 is 0 Å². The molecule has 8 heteroatoms. The highest BCUT2D eigenvalue weighted by Crippen LogP contribution is 2.28. The summed E-state index contributed by atoms with van der Waals surface area (Å²) >= 11 is 0. The molecule has 0 saturated carbocycles. The van der Waals surface area contributed by atoms with Gasteiger partial charge in [0.1, 0.15) is 6.23 Å².